The monoisotopic (exact) mass is 464 g/mol. The molecule has 2 N–H and O–H groups in total. The summed E-state index contributed by atoms with van der Waals surface area (Å²) in [4.78, 5) is 7.11. The first kappa shape index (κ1) is 20.5. The maximum absolute atomic E-state index is 6.79. The highest BCUT2D eigenvalue weighted by molar-refractivity contribution is 6.03. The molecular weight excluding hydrogens is 440 g/mol. The Bertz CT molecular complexity index is 1780. The fourth-order valence-corrected chi connectivity index (χ4v) is 5.32. The van der Waals surface area contributed by atoms with E-state index in [1.807, 2.05) is 24.4 Å². The fraction of sp³-hybridized carbons (Fsp3) is 0.0312. The van der Waals surface area contributed by atoms with Crippen molar-refractivity contribution in [2.24, 2.45) is 0 Å². The van der Waals surface area contributed by atoms with E-state index < -0.39 is 0 Å². The molecule has 36 heavy (non-hydrogen) atoms. The quantitative estimate of drug-likeness (QED) is 0.296. The van der Waals surface area contributed by atoms with Crippen molar-refractivity contribution in [1.82, 2.24) is 9.55 Å². The lowest BCUT2D eigenvalue weighted by molar-refractivity contribution is 1.09. The lowest BCUT2D eigenvalue weighted by Gasteiger charge is -2.18. The molecule has 172 valence electrons. The van der Waals surface area contributed by atoms with Gasteiger partial charge in [0.2, 0.25) is 0 Å². The summed E-state index contributed by atoms with van der Waals surface area (Å²) in [5.41, 5.74) is 14.4. The van der Waals surface area contributed by atoms with E-state index in [1.165, 1.54) is 16.5 Å². The van der Waals surface area contributed by atoms with Crippen molar-refractivity contribution >= 4 is 50.5 Å². The Morgan fingerprint density at radius 2 is 1.47 bits per heavy atom. The standard InChI is InChI=1S/C32H24N4/c33-32-27-15-7-9-17-29(27)36(25-12-2-1-3-13-25)30(32)18-24-21-35(28-16-8-6-14-26(24)28)31-19-22-10-4-5-11-23(22)20-34-31/h1-20H,21,33H2/b24-18+. The van der Waals surface area contributed by atoms with Gasteiger partial charge >= 0.3 is 0 Å². The number of rotatable bonds is 3. The van der Waals surface area contributed by atoms with Gasteiger partial charge in [0.05, 0.1) is 29.1 Å². The van der Waals surface area contributed by atoms with Crippen LogP contribution < -0.4 is 10.6 Å². The Balaban J connectivity index is 1.41. The van der Waals surface area contributed by atoms with E-state index in [-0.39, 0.29) is 0 Å². The molecule has 4 heteroatoms. The van der Waals surface area contributed by atoms with Gasteiger partial charge in [0.25, 0.3) is 0 Å². The molecule has 4 aromatic carbocycles. The van der Waals surface area contributed by atoms with Crippen molar-refractivity contribution in [2.45, 2.75) is 0 Å². The van der Waals surface area contributed by atoms with E-state index in [1.54, 1.807) is 0 Å². The van der Waals surface area contributed by atoms with Crippen LogP contribution in [0.25, 0.3) is 39.0 Å². The first-order chi connectivity index (χ1) is 17.8. The second kappa shape index (κ2) is 8.14. The smallest absolute Gasteiger partial charge is 0.133 e. The van der Waals surface area contributed by atoms with E-state index in [0.717, 1.165) is 51.4 Å². The van der Waals surface area contributed by atoms with Gasteiger partial charge in [0.1, 0.15) is 5.82 Å². The van der Waals surface area contributed by atoms with Gasteiger partial charge in [-0.1, -0.05) is 78.9 Å². The molecule has 6 aromatic rings. The predicted octanol–water partition coefficient (Wildman–Crippen LogP) is 7.45. The normalized spacial score (nSPS) is 14.1. The zero-order chi connectivity index (χ0) is 24.1. The van der Waals surface area contributed by atoms with Crippen LogP contribution in [0.15, 0.2) is 115 Å². The Morgan fingerprint density at radius 1 is 0.750 bits per heavy atom. The van der Waals surface area contributed by atoms with E-state index >= 15 is 0 Å². The van der Waals surface area contributed by atoms with E-state index in [0.29, 0.717) is 0 Å². The van der Waals surface area contributed by atoms with Crippen molar-refractivity contribution in [2.75, 3.05) is 17.2 Å². The molecule has 4 nitrogen and oxygen atoms in total. The molecule has 0 atom stereocenters. The molecule has 0 fully saturated rings. The summed E-state index contributed by atoms with van der Waals surface area (Å²) in [6.45, 7) is 0.723. The van der Waals surface area contributed by atoms with Gasteiger partial charge in [-0.25, -0.2) is 4.98 Å². The van der Waals surface area contributed by atoms with Crippen LogP contribution in [0.4, 0.5) is 17.2 Å². The number of nitrogen functional groups attached to an aromatic ring is 1. The number of hydrogen-bond acceptors (Lipinski definition) is 3. The molecule has 0 unspecified atom stereocenters. The van der Waals surface area contributed by atoms with Gasteiger partial charge in [-0.05, 0) is 47.4 Å². The summed E-state index contributed by atoms with van der Waals surface area (Å²) in [5, 5.41) is 3.39. The summed E-state index contributed by atoms with van der Waals surface area (Å²) in [7, 11) is 0. The van der Waals surface area contributed by atoms with Crippen LogP contribution in [0, 0.1) is 0 Å². The van der Waals surface area contributed by atoms with Crippen LogP contribution in [0.1, 0.15) is 11.3 Å². The Morgan fingerprint density at radius 3 is 2.36 bits per heavy atom. The SMILES string of the molecule is Nc1c(/C=C2\CN(c3cc4ccccc4cn3)c3ccccc32)n(-c2ccccc2)c2ccccc12. The van der Waals surface area contributed by atoms with Gasteiger partial charge in [0, 0.05) is 28.2 Å². The number of pyridine rings is 1. The second-order valence-corrected chi connectivity index (χ2v) is 9.15. The van der Waals surface area contributed by atoms with Crippen molar-refractivity contribution in [3.05, 3.63) is 127 Å². The van der Waals surface area contributed by atoms with Gasteiger partial charge in [-0.3, -0.25) is 0 Å². The van der Waals surface area contributed by atoms with Gasteiger partial charge < -0.3 is 15.2 Å². The fourth-order valence-electron chi connectivity index (χ4n) is 5.32. The van der Waals surface area contributed by atoms with E-state index in [9.17, 15) is 0 Å². The van der Waals surface area contributed by atoms with Crippen LogP contribution in [-0.2, 0) is 0 Å². The molecule has 1 aliphatic rings. The maximum atomic E-state index is 6.79. The highest BCUT2D eigenvalue weighted by Crippen LogP contribution is 2.42. The molecule has 1 aliphatic heterocycles. The zero-order valence-corrected chi connectivity index (χ0v) is 19.7. The number of para-hydroxylation sites is 3. The second-order valence-electron chi connectivity index (χ2n) is 9.15. The average Bonchev–Trinajstić information content (AvgIpc) is 3.44. The van der Waals surface area contributed by atoms with Crippen molar-refractivity contribution in [3.63, 3.8) is 0 Å². The molecular formula is C32H24N4. The molecule has 0 spiro atoms. The number of nitrogens with zero attached hydrogens (tertiary/aromatic N) is 3. The predicted molar refractivity (Wildman–Crippen MR) is 151 cm³/mol. The molecule has 0 aliphatic carbocycles. The lowest BCUT2D eigenvalue weighted by atomic mass is 10.1. The molecule has 3 heterocycles. The average molecular weight is 465 g/mol. The van der Waals surface area contributed by atoms with Crippen LogP contribution in [-0.4, -0.2) is 16.1 Å². The third-order valence-electron chi connectivity index (χ3n) is 7.04. The topological polar surface area (TPSA) is 47.1 Å². The molecule has 0 radical (unpaired) electrons. The molecule has 0 saturated heterocycles. The summed E-state index contributed by atoms with van der Waals surface area (Å²) in [6, 6.07) is 37.8. The number of fused-ring (bicyclic) bond motifs is 3. The zero-order valence-electron chi connectivity index (χ0n) is 19.7. The number of aromatic nitrogens is 2. The molecule has 2 aromatic heterocycles. The van der Waals surface area contributed by atoms with Crippen molar-refractivity contribution < 1.29 is 0 Å². The van der Waals surface area contributed by atoms with Gasteiger partial charge in [-0.15, -0.1) is 0 Å². The highest BCUT2D eigenvalue weighted by atomic mass is 15.2. The first-order valence-electron chi connectivity index (χ1n) is 12.1. The first-order valence-corrected chi connectivity index (χ1v) is 12.1. The molecule has 0 amide bonds. The summed E-state index contributed by atoms with van der Waals surface area (Å²) in [6.07, 6.45) is 4.21. The van der Waals surface area contributed by atoms with E-state index in [2.05, 4.69) is 107 Å². The van der Waals surface area contributed by atoms with Crippen molar-refractivity contribution in [3.8, 4) is 5.69 Å². The highest BCUT2D eigenvalue weighted by Gasteiger charge is 2.26. The minimum atomic E-state index is 0.723. The van der Waals surface area contributed by atoms with Crippen LogP contribution in [0.3, 0.4) is 0 Å². The Kier molecular flexibility index (Phi) is 4.64. The lowest BCUT2D eigenvalue weighted by Crippen LogP contribution is -2.14. The maximum Gasteiger partial charge on any atom is 0.133 e. The third-order valence-corrected chi connectivity index (χ3v) is 7.04. The van der Waals surface area contributed by atoms with Crippen molar-refractivity contribution in [1.29, 1.82) is 0 Å². The summed E-state index contributed by atoms with van der Waals surface area (Å²) in [5.74, 6) is 0.945. The largest absolute Gasteiger partial charge is 0.396 e. The Hall–Kier alpha value is -4.83. The van der Waals surface area contributed by atoms with Gasteiger partial charge in [-0.2, -0.15) is 0 Å². The summed E-state index contributed by atoms with van der Waals surface area (Å²) < 4.78 is 2.26. The minimum absolute atomic E-state index is 0.723. The molecule has 7 rings (SSSR count). The molecule has 0 bridgehead atoms. The van der Waals surface area contributed by atoms with Crippen LogP contribution >= 0.6 is 0 Å². The minimum Gasteiger partial charge on any atom is -0.396 e. The third kappa shape index (κ3) is 3.19. The number of hydrogen-bond donors (Lipinski definition) is 1. The number of anilines is 3. The Labute approximate surface area is 209 Å². The molecule has 0 saturated carbocycles. The van der Waals surface area contributed by atoms with Crippen LogP contribution in [0.2, 0.25) is 0 Å². The van der Waals surface area contributed by atoms with Crippen LogP contribution in [0.5, 0.6) is 0 Å². The van der Waals surface area contributed by atoms with Gasteiger partial charge in [0.15, 0.2) is 0 Å². The number of nitrogens with two attached hydrogens (primary N) is 1. The van der Waals surface area contributed by atoms with E-state index in [4.69, 9.17) is 10.7 Å². The number of benzene rings is 4. The summed E-state index contributed by atoms with van der Waals surface area (Å²) >= 11 is 0.